The quantitative estimate of drug-likeness (QED) is 0.0572. The molecule has 0 aliphatic rings. The second-order valence-electron chi connectivity index (χ2n) is 11.1. The normalized spacial score (nSPS) is 10.8. The molecule has 0 radical (unpaired) electrons. The van der Waals surface area contributed by atoms with Gasteiger partial charge < -0.3 is 9.47 Å². The first kappa shape index (κ1) is 34.5. The molecular formula is C39H28F5NO4. The number of nitrogens with zero attached hydrogens (tertiary/aromatic N) is 1. The maximum absolute atomic E-state index is 14.9. The van der Waals surface area contributed by atoms with E-state index >= 15 is 0 Å². The first-order valence-corrected chi connectivity index (χ1v) is 15.3. The van der Waals surface area contributed by atoms with E-state index in [1.165, 1.54) is 30.3 Å². The van der Waals surface area contributed by atoms with Gasteiger partial charge in [-0.1, -0.05) is 55.0 Å². The Bertz CT molecular complexity index is 2000. The van der Waals surface area contributed by atoms with E-state index in [0.29, 0.717) is 47.1 Å². The van der Waals surface area contributed by atoms with Crippen molar-refractivity contribution < 1.29 is 41.0 Å². The predicted octanol–water partition coefficient (Wildman–Crippen LogP) is 10.0. The molecule has 0 saturated heterocycles. The van der Waals surface area contributed by atoms with Gasteiger partial charge in [0.25, 0.3) is 0 Å². The lowest BCUT2D eigenvalue weighted by Crippen LogP contribution is -2.09. The SMILES string of the molecule is N#Cc1c(F)cc(-c2ccc(-c3ccc(OC(=O)CCCCCC(=O)Oc4ccc(-c5ccc(CF)cc5)c(F)c4)cc3)cc2F)cc1F. The molecule has 0 aromatic heterocycles. The Morgan fingerprint density at radius 2 is 1.04 bits per heavy atom. The van der Waals surface area contributed by atoms with Crippen molar-refractivity contribution in [2.45, 2.75) is 38.8 Å². The first-order chi connectivity index (χ1) is 23.6. The highest BCUT2D eigenvalue weighted by molar-refractivity contribution is 5.75. The summed E-state index contributed by atoms with van der Waals surface area (Å²) >= 11 is 0. The van der Waals surface area contributed by atoms with Gasteiger partial charge >= 0.3 is 11.9 Å². The fourth-order valence-corrected chi connectivity index (χ4v) is 5.13. The number of hydrogen-bond donors (Lipinski definition) is 0. The van der Waals surface area contributed by atoms with E-state index in [2.05, 4.69) is 0 Å². The molecule has 0 amide bonds. The highest BCUT2D eigenvalue weighted by Gasteiger charge is 2.15. The third-order valence-corrected chi connectivity index (χ3v) is 7.71. The van der Waals surface area contributed by atoms with Crippen LogP contribution in [-0.2, 0) is 16.3 Å². The summed E-state index contributed by atoms with van der Waals surface area (Å²) in [6, 6.07) is 24.3. The molecule has 0 atom stereocenters. The highest BCUT2D eigenvalue weighted by Crippen LogP contribution is 2.31. The molecule has 0 N–H and O–H groups in total. The van der Waals surface area contributed by atoms with E-state index < -0.39 is 47.4 Å². The molecule has 49 heavy (non-hydrogen) atoms. The lowest BCUT2D eigenvalue weighted by Gasteiger charge is -2.09. The summed E-state index contributed by atoms with van der Waals surface area (Å²) in [5, 5.41) is 8.84. The molecular weight excluding hydrogens is 641 g/mol. The molecule has 5 aromatic carbocycles. The van der Waals surface area contributed by atoms with Crippen LogP contribution in [-0.4, -0.2) is 11.9 Å². The zero-order valence-electron chi connectivity index (χ0n) is 26.0. The molecule has 0 bridgehead atoms. The van der Waals surface area contributed by atoms with Gasteiger partial charge in [0.1, 0.15) is 53.1 Å². The monoisotopic (exact) mass is 669 g/mol. The highest BCUT2D eigenvalue weighted by atomic mass is 19.1. The Balaban J connectivity index is 1.04. The van der Waals surface area contributed by atoms with Crippen LogP contribution in [0.2, 0.25) is 0 Å². The van der Waals surface area contributed by atoms with Crippen LogP contribution in [0.15, 0.2) is 97.1 Å². The van der Waals surface area contributed by atoms with Crippen LogP contribution in [0.5, 0.6) is 11.5 Å². The number of rotatable bonds is 12. The number of esters is 2. The van der Waals surface area contributed by atoms with E-state index in [9.17, 15) is 31.5 Å². The summed E-state index contributed by atoms with van der Waals surface area (Å²) in [5.74, 6) is -4.10. The predicted molar refractivity (Wildman–Crippen MR) is 173 cm³/mol. The Hall–Kier alpha value is -5.82. The van der Waals surface area contributed by atoms with Crippen LogP contribution in [0.4, 0.5) is 22.0 Å². The number of alkyl halides is 1. The van der Waals surface area contributed by atoms with E-state index in [1.807, 2.05) is 0 Å². The zero-order valence-corrected chi connectivity index (χ0v) is 26.0. The first-order valence-electron chi connectivity index (χ1n) is 15.3. The summed E-state index contributed by atoms with van der Waals surface area (Å²) in [6.07, 6.45) is 1.65. The molecule has 10 heteroatoms. The minimum Gasteiger partial charge on any atom is -0.427 e. The summed E-state index contributed by atoms with van der Waals surface area (Å²) in [5.41, 5.74) is 1.64. The van der Waals surface area contributed by atoms with Gasteiger partial charge in [-0.2, -0.15) is 5.26 Å². The average molecular weight is 670 g/mol. The minimum atomic E-state index is -1.08. The van der Waals surface area contributed by atoms with Gasteiger partial charge in [0.2, 0.25) is 0 Å². The fourth-order valence-electron chi connectivity index (χ4n) is 5.13. The second kappa shape index (κ2) is 15.8. The second-order valence-corrected chi connectivity index (χ2v) is 11.1. The van der Waals surface area contributed by atoms with Gasteiger partial charge in [-0.3, -0.25) is 9.59 Å². The Labute approximate surface area is 279 Å². The van der Waals surface area contributed by atoms with Crippen LogP contribution in [0, 0.1) is 34.6 Å². The van der Waals surface area contributed by atoms with Crippen LogP contribution >= 0.6 is 0 Å². The fraction of sp³-hybridized carbons (Fsp3) is 0.154. The third-order valence-electron chi connectivity index (χ3n) is 7.71. The van der Waals surface area contributed by atoms with Crippen molar-refractivity contribution in [3.05, 3.63) is 131 Å². The number of carbonyl (C=O) groups is 2. The number of benzene rings is 5. The Morgan fingerprint density at radius 1 is 0.551 bits per heavy atom. The maximum atomic E-state index is 14.9. The molecule has 0 fully saturated rings. The van der Waals surface area contributed by atoms with Crippen molar-refractivity contribution in [2.75, 3.05) is 0 Å². The smallest absolute Gasteiger partial charge is 0.311 e. The molecule has 0 heterocycles. The molecule has 0 unspecified atom stereocenters. The lowest BCUT2D eigenvalue weighted by atomic mass is 9.98. The third kappa shape index (κ3) is 8.76. The minimum absolute atomic E-state index is 0.0332. The molecule has 248 valence electrons. The molecule has 5 nitrogen and oxygen atoms in total. The van der Waals surface area contributed by atoms with Crippen LogP contribution in [0.1, 0.15) is 43.2 Å². The van der Waals surface area contributed by atoms with Crippen molar-refractivity contribution in [2.24, 2.45) is 0 Å². The van der Waals surface area contributed by atoms with Gasteiger partial charge in [0.05, 0.1) is 0 Å². The van der Waals surface area contributed by atoms with Gasteiger partial charge in [0, 0.05) is 30.0 Å². The van der Waals surface area contributed by atoms with Crippen molar-refractivity contribution in [1.82, 2.24) is 0 Å². The maximum Gasteiger partial charge on any atom is 0.311 e. The molecule has 0 aliphatic heterocycles. The average Bonchev–Trinajstić information content (AvgIpc) is 3.08. The largest absolute Gasteiger partial charge is 0.427 e. The number of ether oxygens (including phenoxy) is 2. The Morgan fingerprint density at radius 3 is 1.61 bits per heavy atom. The van der Waals surface area contributed by atoms with Gasteiger partial charge in [0.15, 0.2) is 0 Å². The van der Waals surface area contributed by atoms with Gasteiger partial charge in [-0.25, -0.2) is 22.0 Å². The van der Waals surface area contributed by atoms with Crippen LogP contribution < -0.4 is 9.47 Å². The summed E-state index contributed by atoms with van der Waals surface area (Å²) in [6.45, 7) is -0.608. The van der Waals surface area contributed by atoms with E-state index in [4.69, 9.17) is 14.7 Å². The van der Waals surface area contributed by atoms with Crippen molar-refractivity contribution >= 4 is 11.9 Å². The molecule has 0 saturated carbocycles. The van der Waals surface area contributed by atoms with E-state index in [0.717, 1.165) is 18.2 Å². The molecule has 5 rings (SSSR count). The topological polar surface area (TPSA) is 76.4 Å². The van der Waals surface area contributed by atoms with Crippen molar-refractivity contribution in [3.8, 4) is 50.9 Å². The molecule has 0 aliphatic carbocycles. The van der Waals surface area contributed by atoms with Crippen molar-refractivity contribution in [1.29, 1.82) is 5.26 Å². The zero-order chi connectivity index (χ0) is 34.9. The summed E-state index contributed by atoms with van der Waals surface area (Å²) in [7, 11) is 0. The van der Waals surface area contributed by atoms with Gasteiger partial charge in [-0.05, 0) is 83.1 Å². The lowest BCUT2D eigenvalue weighted by molar-refractivity contribution is -0.134. The number of halogens is 5. The van der Waals surface area contributed by atoms with Crippen molar-refractivity contribution in [3.63, 3.8) is 0 Å². The number of carbonyl (C=O) groups excluding carboxylic acids is 2. The number of nitriles is 1. The van der Waals surface area contributed by atoms with E-state index in [1.54, 1.807) is 54.6 Å². The van der Waals surface area contributed by atoms with Gasteiger partial charge in [-0.15, -0.1) is 0 Å². The standard InChI is InChI=1S/C39H28F5NO4/c40-22-24-6-8-26(9-7-24)31-17-15-30(21-37(31)44)49-39(47)5-3-1-2-4-38(46)48-29-13-10-25(11-14-29)27-12-16-32(34(41)18-27)28-19-35(42)33(23-45)36(43)20-28/h6-21H,1-5,22H2. The van der Waals surface area contributed by atoms with E-state index in [-0.39, 0.29) is 35.5 Å². The summed E-state index contributed by atoms with van der Waals surface area (Å²) < 4.78 is 80.9. The van der Waals surface area contributed by atoms with Crippen LogP contribution in [0.25, 0.3) is 33.4 Å². The number of unbranched alkanes of at least 4 members (excludes halogenated alkanes) is 2. The summed E-state index contributed by atoms with van der Waals surface area (Å²) in [4.78, 5) is 24.6. The Kier molecular flexibility index (Phi) is 11.2. The molecule has 5 aromatic rings. The van der Waals surface area contributed by atoms with Crippen LogP contribution in [0.3, 0.4) is 0 Å². The number of hydrogen-bond acceptors (Lipinski definition) is 5. The molecule has 0 spiro atoms.